The summed E-state index contributed by atoms with van der Waals surface area (Å²) in [5.41, 5.74) is 15.4. The molecule has 0 unspecified atom stereocenters. The lowest BCUT2D eigenvalue weighted by Crippen LogP contribution is -2.11. The van der Waals surface area contributed by atoms with Crippen LogP contribution < -0.4 is 0 Å². The van der Waals surface area contributed by atoms with Crippen molar-refractivity contribution in [2.24, 2.45) is 0 Å². The molecule has 0 nitrogen and oxygen atoms in total. The molecular formula is C27H28. The van der Waals surface area contributed by atoms with Gasteiger partial charge in [0.1, 0.15) is 0 Å². The minimum Gasteiger partial charge on any atom is -0.0909 e. The maximum Gasteiger partial charge on any atom is -0.00112 e. The molecule has 2 aromatic rings. The molecule has 0 aliphatic heterocycles. The maximum atomic E-state index is 4.47. The van der Waals surface area contributed by atoms with Gasteiger partial charge in [0.05, 0.1) is 0 Å². The van der Waals surface area contributed by atoms with Gasteiger partial charge in [-0.05, 0) is 95.7 Å². The molecule has 0 amide bonds. The molecule has 0 aromatic heterocycles. The number of fused-ring (bicyclic) bond motifs is 1. The summed E-state index contributed by atoms with van der Waals surface area (Å²) in [7, 11) is 0. The standard InChI is InChI=1S/C27H28/c1-6-21-12-17(2)13-26-20(5)19(4)25(16-27(21)26)23-14-18(3)24(15-23)22-10-8-7-9-11-22/h7-14H,5-6,15-16H2,1-4H3. The molecule has 4 rings (SSSR count). The molecule has 0 saturated heterocycles. The summed E-state index contributed by atoms with van der Waals surface area (Å²) >= 11 is 0. The van der Waals surface area contributed by atoms with Crippen molar-refractivity contribution in [3.8, 4) is 0 Å². The molecule has 0 bridgehead atoms. The fourth-order valence-electron chi connectivity index (χ4n) is 4.62. The van der Waals surface area contributed by atoms with Gasteiger partial charge in [0, 0.05) is 0 Å². The number of allylic oxidation sites excluding steroid dienone is 7. The van der Waals surface area contributed by atoms with Crippen LogP contribution in [0.1, 0.15) is 55.0 Å². The Morgan fingerprint density at radius 3 is 2.37 bits per heavy atom. The van der Waals surface area contributed by atoms with Crippen LogP contribution >= 0.6 is 0 Å². The molecule has 2 aliphatic carbocycles. The highest BCUT2D eigenvalue weighted by molar-refractivity contribution is 5.86. The molecule has 2 aliphatic rings. The normalized spacial score (nSPS) is 16.7. The molecule has 0 atom stereocenters. The number of benzene rings is 2. The molecule has 0 spiro atoms. The van der Waals surface area contributed by atoms with Gasteiger partial charge in [-0.25, -0.2) is 0 Å². The van der Waals surface area contributed by atoms with E-state index in [2.05, 4.69) is 82.8 Å². The molecule has 0 radical (unpaired) electrons. The lowest BCUT2D eigenvalue weighted by Gasteiger charge is -2.27. The molecule has 0 heterocycles. The van der Waals surface area contributed by atoms with Gasteiger partial charge in [0.2, 0.25) is 0 Å². The van der Waals surface area contributed by atoms with Gasteiger partial charge in [-0.2, -0.15) is 0 Å². The Balaban J connectivity index is 1.72. The summed E-state index contributed by atoms with van der Waals surface area (Å²) in [6.45, 7) is 13.4. The highest BCUT2D eigenvalue weighted by Gasteiger charge is 2.26. The highest BCUT2D eigenvalue weighted by Crippen LogP contribution is 2.44. The Morgan fingerprint density at radius 1 is 0.926 bits per heavy atom. The van der Waals surface area contributed by atoms with Crippen LogP contribution in [-0.2, 0) is 12.8 Å². The van der Waals surface area contributed by atoms with Gasteiger partial charge in [-0.15, -0.1) is 0 Å². The average molecular weight is 353 g/mol. The summed E-state index contributed by atoms with van der Waals surface area (Å²) in [4.78, 5) is 0. The van der Waals surface area contributed by atoms with Crippen LogP contribution in [-0.4, -0.2) is 0 Å². The molecule has 0 heteroatoms. The molecule has 0 fully saturated rings. The average Bonchev–Trinajstić information content (AvgIpc) is 3.06. The van der Waals surface area contributed by atoms with Crippen LogP contribution in [0.5, 0.6) is 0 Å². The van der Waals surface area contributed by atoms with Crippen LogP contribution in [0.25, 0.3) is 11.1 Å². The summed E-state index contributed by atoms with van der Waals surface area (Å²) in [6.07, 6.45) is 5.54. The molecule has 27 heavy (non-hydrogen) atoms. The molecular weight excluding hydrogens is 324 g/mol. The zero-order chi connectivity index (χ0) is 19.1. The second-order valence-corrected chi connectivity index (χ2v) is 7.94. The van der Waals surface area contributed by atoms with E-state index in [4.69, 9.17) is 0 Å². The van der Waals surface area contributed by atoms with Crippen molar-refractivity contribution in [2.45, 2.75) is 47.0 Å². The lowest BCUT2D eigenvalue weighted by atomic mass is 9.77. The second kappa shape index (κ2) is 6.85. The van der Waals surface area contributed by atoms with E-state index < -0.39 is 0 Å². The zero-order valence-electron chi connectivity index (χ0n) is 16.9. The van der Waals surface area contributed by atoms with Crippen molar-refractivity contribution in [3.63, 3.8) is 0 Å². The van der Waals surface area contributed by atoms with Crippen molar-refractivity contribution < 1.29 is 0 Å². The molecule has 0 saturated carbocycles. The second-order valence-electron chi connectivity index (χ2n) is 7.94. The highest BCUT2D eigenvalue weighted by atomic mass is 14.3. The van der Waals surface area contributed by atoms with Crippen LogP contribution in [0.3, 0.4) is 0 Å². The SMILES string of the molecule is C=C1C(C)=C(C2=CC(C)=C(c3ccccc3)C2)Cc2c(CC)cc(C)cc21. The van der Waals surface area contributed by atoms with Crippen LogP contribution in [0.4, 0.5) is 0 Å². The fourth-order valence-corrected chi connectivity index (χ4v) is 4.62. The quantitative estimate of drug-likeness (QED) is 0.546. The van der Waals surface area contributed by atoms with E-state index in [1.807, 2.05) is 0 Å². The number of hydrogen-bond donors (Lipinski definition) is 0. The third kappa shape index (κ3) is 3.04. The maximum absolute atomic E-state index is 4.47. The van der Waals surface area contributed by atoms with Gasteiger partial charge in [-0.1, -0.05) is 67.6 Å². The lowest BCUT2D eigenvalue weighted by molar-refractivity contribution is 1.00. The largest absolute Gasteiger partial charge is 0.0909 e. The van der Waals surface area contributed by atoms with E-state index in [-0.39, 0.29) is 0 Å². The van der Waals surface area contributed by atoms with Gasteiger partial charge >= 0.3 is 0 Å². The summed E-state index contributed by atoms with van der Waals surface area (Å²) < 4.78 is 0. The minimum atomic E-state index is 1.03. The van der Waals surface area contributed by atoms with Crippen LogP contribution in [0, 0.1) is 6.92 Å². The summed E-state index contributed by atoms with van der Waals surface area (Å²) in [5.74, 6) is 0. The van der Waals surface area contributed by atoms with E-state index in [0.717, 1.165) is 19.3 Å². The third-order valence-corrected chi connectivity index (χ3v) is 6.20. The van der Waals surface area contributed by atoms with E-state index in [1.54, 1.807) is 0 Å². The first-order chi connectivity index (χ1) is 13.0. The van der Waals surface area contributed by atoms with Crippen LogP contribution in [0.15, 0.2) is 77.4 Å². The first-order valence-electron chi connectivity index (χ1n) is 9.97. The smallest absolute Gasteiger partial charge is 0.00112 e. The monoisotopic (exact) mass is 352 g/mol. The van der Waals surface area contributed by atoms with Crippen molar-refractivity contribution in [1.29, 1.82) is 0 Å². The van der Waals surface area contributed by atoms with Crippen molar-refractivity contribution >= 4 is 11.1 Å². The predicted octanol–water partition coefficient (Wildman–Crippen LogP) is 7.25. The third-order valence-electron chi connectivity index (χ3n) is 6.20. The Hall–Kier alpha value is -2.60. The van der Waals surface area contributed by atoms with Crippen LogP contribution in [0.2, 0.25) is 0 Å². The topological polar surface area (TPSA) is 0 Å². The first kappa shape index (κ1) is 17.8. The van der Waals surface area contributed by atoms with Crippen molar-refractivity contribution in [3.05, 3.63) is 105 Å². The predicted molar refractivity (Wildman–Crippen MR) is 118 cm³/mol. The Bertz CT molecular complexity index is 1020. The summed E-state index contributed by atoms with van der Waals surface area (Å²) in [6, 6.07) is 15.5. The van der Waals surface area contributed by atoms with E-state index >= 15 is 0 Å². The Kier molecular flexibility index (Phi) is 4.52. The van der Waals surface area contributed by atoms with Gasteiger partial charge in [-0.3, -0.25) is 0 Å². The molecule has 0 N–H and O–H groups in total. The van der Waals surface area contributed by atoms with Gasteiger partial charge in [0.25, 0.3) is 0 Å². The number of aryl methyl sites for hydroxylation is 2. The zero-order valence-corrected chi connectivity index (χ0v) is 16.9. The first-order valence-corrected chi connectivity index (χ1v) is 9.97. The van der Waals surface area contributed by atoms with Gasteiger partial charge in [0.15, 0.2) is 0 Å². The minimum absolute atomic E-state index is 1.03. The van der Waals surface area contributed by atoms with E-state index in [0.29, 0.717) is 0 Å². The van der Waals surface area contributed by atoms with Crippen molar-refractivity contribution in [1.82, 2.24) is 0 Å². The number of hydrogen-bond acceptors (Lipinski definition) is 0. The Morgan fingerprint density at radius 2 is 1.67 bits per heavy atom. The molecule has 2 aromatic carbocycles. The summed E-state index contributed by atoms with van der Waals surface area (Å²) in [5, 5.41) is 0. The van der Waals surface area contributed by atoms with E-state index in [1.165, 1.54) is 61.3 Å². The number of rotatable bonds is 3. The fraction of sp³-hybridized carbons (Fsp3) is 0.259. The molecule has 136 valence electrons. The van der Waals surface area contributed by atoms with Crippen molar-refractivity contribution in [2.75, 3.05) is 0 Å². The Labute approximate surface area is 163 Å². The van der Waals surface area contributed by atoms with E-state index in [9.17, 15) is 0 Å². The van der Waals surface area contributed by atoms with Gasteiger partial charge < -0.3 is 0 Å².